The van der Waals surface area contributed by atoms with E-state index in [1.54, 1.807) is 29.6 Å². The van der Waals surface area contributed by atoms with E-state index in [9.17, 15) is 35.9 Å². The van der Waals surface area contributed by atoms with Crippen LogP contribution in [0, 0.1) is 0 Å². The van der Waals surface area contributed by atoms with Gasteiger partial charge in [-0.05, 0) is 35.1 Å². The quantitative estimate of drug-likeness (QED) is 0.147. The van der Waals surface area contributed by atoms with Gasteiger partial charge in [0.25, 0.3) is 5.91 Å². The molecule has 13 heteroatoms. The maximum atomic E-state index is 13.5. The molecule has 0 saturated heterocycles. The fourth-order valence-electron chi connectivity index (χ4n) is 4.89. The van der Waals surface area contributed by atoms with Crippen molar-refractivity contribution in [1.29, 1.82) is 0 Å². The minimum atomic E-state index is -4.55. The SMILES string of the molecule is O=C(NCC(F)(F)F)c1cnc(SCCCCCC2(C(=O)NCC(F)(F)F)c3ccccc3-c3ccccc32)[nH]1. The third-order valence-electron chi connectivity index (χ3n) is 6.58. The Morgan fingerprint density at radius 3 is 2.00 bits per heavy atom. The van der Waals surface area contributed by atoms with Crippen LogP contribution in [0.5, 0.6) is 0 Å². The summed E-state index contributed by atoms with van der Waals surface area (Å²) in [4.78, 5) is 32.0. The summed E-state index contributed by atoms with van der Waals surface area (Å²) >= 11 is 1.29. The summed E-state index contributed by atoms with van der Waals surface area (Å²) in [6.07, 6.45) is -5.72. The monoisotopic (exact) mass is 584 g/mol. The summed E-state index contributed by atoms with van der Waals surface area (Å²) < 4.78 is 75.8. The summed E-state index contributed by atoms with van der Waals surface area (Å²) in [6.45, 7) is -2.87. The molecule has 1 aromatic heterocycles. The van der Waals surface area contributed by atoms with E-state index in [0.717, 1.165) is 17.3 Å². The second kappa shape index (κ2) is 11.9. The highest BCUT2D eigenvalue weighted by molar-refractivity contribution is 7.99. The van der Waals surface area contributed by atoms with Crippen LogP contribution in [0.1, 0.15) is 47.3 Å². The van der Waals surface area contributed by atoms with Gasteiger partial charge < -0.3 is 15.6 Å². The molecule has 0 spiro atoms. The Morgan fingerprint density at radius 1 is 0.825 bits per heavy atom. The summed E-state index contributed by atoms with van der Waals surface area (Å²) in [7, 11) is 0. The molecule has 40 heavy (non-hydrogen) atoms. The van der Waals surface area contributed by atoms with Gasteiger partial charge in [-0.15, -0.1) is 0 Å². The zero-order valence-electron chi connectivity index (χ0n) is 21.1. The highest BCUT2D eigenvalue weighted by Crippen LogP contribution is 2.51. The molecule has 0 radical (unpaired) electrons. The first kappa shape index (κ1) is 29.5. The number of imidazole rings is 1. The van der Waals surface area contributed by atoms with E-state index in [1.165, 1.54) is 11.8 Å². The molecule has 0 atom stereocenters. The van der Waals surface area contributed by atoms with Crippen LogP contribution in [0.2, 0.25) is 0 Å². The van der Waals surface area contributed by atoms with Gasteiger partial charge in [0.1, 0.15) is 24.2 Å². The minimum absolute atomic E-state index is 0.0860. The standard InChI is InChI=1S/C27H26F6N4O2S/c28-26(29,30)15-35-22(38)21-14-34-24(37-21)40-13-7-1-6-12-25(23(39)36-16-27(31,32)33)19-10-4-2-8-17(19)18-9-3-5-11-20(18)25/h2-5,8-11,14H,1,6-7,12-13,15-16H2,(H,34,37)(H,35,38)(H,36,39). The first-order chi connectivity index (χ1) is 18.9. The lowest BCUT2D eigenvalue weighted by molar-refractivity contribution is -0.141. The lowest BCUT2D eigenvalue weighted by atomic mass is 9.73. The summed E-state index contributed by atoms with van der Waals surface area (Å²) in [5, 5.41) is 4.26. The Bertz CT molecular complexity index is 1310. The van der Waals surface area contributed by atoms with Gasteiger partial charge in [-0.1, -0.05) is 73.1 Å². The van der Waals surface area contributed by atoms with Crippen LogP contribution in [0.15, 0.2) is 59.9 Å². The Kier molecular flexibility index (Phi) is 8.81. The Balaban J connectivity index is 1.38. The maximum absolute atomic E-state index is 13.5. The molecule has 0 fully saturated rings. The predicted octanol–water partition coefficient (Wildman–Crippen LogP) is 6.00. The number of carbonyl (C=O) groups excluding carboxylic acids is 2. The zero-order valence-corrected chi connectivity index (χ0v) is 21.9. The van der Waals surface area contributed by atoms with Gasteiger partial charge in [-0.3, -0.25) is 9.59 Å². The van der Waals surface area contributed by atoms with Crippen molar-refractivity contribution in [1.82, 2.24) is 20.6 Å². The number of hydrogen-bond donors (Lipinski definition) is 3. The van der Waals surface area contributed by atoms with Crippen molar-refractivity contribution in [2.75, 3.05) is 18.8 Å². The molecule has 0 bridgehead atoms. The van der Waals surface area contributed by atoms with E-state index in [-0.39, 0.29) is 5.69 Å². The number of halogens is 6. The number of H-pyrrole nitrogens is 1. The maximum Gasteiger partial charge on any atom is 0.405 e. The number of rotatable bonds is 11. The van der Waals surface area contributed by atoms with Gasteiger partial charge in [0.15, 0.2) is 5.16 Å². The Labute approximate surface area is 230 Å². The zero-order chi connectivity index (χ0) is 29.0. The second-order valence-corrected chi connectivity index (χ2v) is 10.4. The van der Waals surface area contributed by atoms with Crippen LogP contribution in [0.4, 0.5) is 26.3 Å². The van der Waals surface area contributed by atoms with Crippen LogP contribution >= 0.6 is 11.8 Å². The fraction of sp³-hybridized carbons (Fsp3) is 0.370. The van der Waals surface area contributed by atoms with Crippen molar-refractivity contribution >= 4 is 23.6 Å². The van der Waals surface area contributed by atoms with E-state index < -0.39 is 42.7 Å². The highest BCUT2D eigenvalue weighted by Gasteiger charge is 2.49. The van der Waals surface area contributed by atoms with E-state index in [0.29, 0.717) is 47.7 Å². The number of hydrogen-bond acceptors (Lipinski definition) is 4. The van der Waals surface area contributed by atoms with E-state index in [1.807, 2.05) is 24.3 Å². The summed E-state index contributed by atoms with van der Waals surface area (Å²) in [5.41, 5.74) is 1.66. The van der Waals surface area contributed by atoms with Crippen molar-refractivity contribution < 1.29 is 35.9 Å². The molecule has 3 N–H and O–H groups in total. The van der Waals surface area contributed by atoms with Crippen molar-refractivity contribution in [3.8, 4) is 11.1 Å². The lowest BCUT2D eigenvalue weighted by Crippen LogP contribution is -2.47. The van der Waals surface area contributed by atoms with Crippen molar-refractivity contribution in [2.45, 2.75) is 48.6 Å². The van der Waals surface area contributed by atoms with Crippen LogP contribution < -0.4 is 10.6 Å². The molecule has 1 heterocycles. The number of aromatic amines is 1. The van der Waals surface area contributed by atoms with E-state index >= 15 is 0 Å². The van der Waals surface area contributed by atoms with Crippen molar-refractivity contribution in [3.63, 3.8) is 0 Å². The van der Waals surface area contributed by atoms with Crippen LogP contribution in [-0.2, 0) is 10.2 Å². The molecule has 0 saturated carbocycles. The van der Waals surface area contributed by atoms with Gasteiger partial charge in [0.05, 0.1) is 6.20 Å². The highest BCUT2D eigenvalue weighted by atomic mass is 32.2. The molecule has 0 aliphatic heterocycles. The largest absolute Gasteiger partial charge is 0.405 e. The molecular formula is C27H26F6N4O2S. The number of benzene rings is 2. The lowest BCUT2D eigenvalue weighted by Gasteiger charge is -2.31. The molecule has 2 amide bonds. The van der Waals surface area contributed by atoms with Crippen molar-refractivity contribution in [3.05, 3.63) is 71.5 Å². The fourth-order valence-corrected chi connectivity index (χ4v) is 5.74. The molecule has 1 aliphatic carbocycles. The van der Waals surface area contributed by atoms with E-state index in [2.05, 4.69) is 15.3 Å². The first-order valence-electron chi connectivity index (χ1n) is 12.5. The van der Waals surface area contributed by atoms with Crippen LogP contribution in [0.25, 0.3) is 11.1 Å². The number of carbonyl (C=O) groups is 2. The third-order valence-corrected chi connectivity index (χ3v) is 7.56. The van der Waals surface area contributed by atoms with Crippen LogP contribution in [-0.4, -0.2) is 53.0 Å². The average Bonchev–Trinajstić information content (AvgIpc) is 3.49. The molecule has 0 unspecified atom stereocenters. The van der Waals surface area contributed by atoms with Gasteiger partial charge in [-0.25, -0.2) is 4.98 Å². The second-order valence-electron chi connectivity index (χ2n) is 9.35. The first-order valence-corrected chi connectivity index (χ1v) is 13.5. The number of alkyl halides is 6. The van der Waals surface area contributed by atoms with Gasteiger partial charge >= 0.3 is 12.4 Å². The number of aromatic nitrogens is 2. The smallest absolute Gasteiger partial charge is 0.346 e. The number of thioether (sulfide) groups is 1. The normalized spacial score (nSPS) is 13.9. The van der Waals surface area contributed by atoms with Crippen molar-refractivity contribution in [2.24, 2.45) is 0 Å². The summed E-state index contributed by atoms with van der Waals surface area (Å²) in [6, 6.07) is 14.5. The molecule has 4 rings (SSSR count). The Hall–Kier alpha value is -3.48. The molecule has 6 nitrogen and oxygen atoms in total. The number of unbranched alkanes of at least 4 members (excludes halogenated alkanes) is 2. The predicted molar refractivity (Wildman–Crippen MR) is 138 cm³/mol. The Morgan fingerprint density at radius 2 is 1.40 bits per heavy atom. The molecule has 1 aliphatic rings. The van der Waals surface area contributed by atoms with Gasteiger partial charge in [0.2, 0.25) is 5.91 Å². The molecule has 2 aromatic carbocycles. The number of fused-ring (bicyclic) bond motifs is 3. The minimum Gasteiger partial charge on any atom is -0.346 e. The topological polar surface area (TPSA) is 86.9 Å². The number of nitrogens with zero attached hydrogens (tertiary/aromatic N) is 1. The third kappa shape index (κ3) is 6.80. The number of nitrogens with one attached hydrogen (secondary N) is 3. The van der Waals surface area contributed by atoms with Gasteiger partial charge in [-0.2, -0.15) is 26.3 Å². The molecule has 214 valence electrons. The van der Waals surface area contributed by atoms with E-state index in [4.69, 9.17) is 0 Å². The molecule has 3 aromatic rings. The van der Waals surface area contributed by atoms with Gasteiger partial charge in [0, 0.05) is 5.75 Å². The van der Waals surface area contributed by atoms with Crippen LogP contribution in [0.3, 0.4) is 0 Å². The summed E-state index contributed by atoms with van der Waals surface area (Å²) in [5.74, 6) is -1.04. The molecular weight excluding hydrogens is 558 g/mol. The number of amides is 2. The average molecular weight is 585 g/mol.